The Morgan fingerprint density at radius 1 is 1.38 bits per heavy atom. The Balaban J connectivity index is 2.18. The van der Waals surface area contributed by atoms with Gasteiger partial charge < -0.3 is 4.57 Å². The predicted molar refractivity (Wildman–Crippen MR) is 86.6 cm³/mol. The molecule has 0 bridgehead atoms. The van der Waals surface area contributed by atoms with Gasteiger partial charge in [0.05, 0.1) is 17.3 Å². The van der Waals surface area contributed by atoms with Crippen molar-refractivity contribution >= 4 is 44.3 Å². The second kappa shape index (κ2) is 6.96. The second-order valence-electron chi connectivity index (χ2n) is 4.77. The minimum absolute atomic E-state index is 0.395. The number of alkyl halides is 1. The summed E-state index contributed by atoms with van der Waals surface area (Å²) in [5.41, 5.74) is 1.82. The first-order chi connectivity index (χ1) is 9.90. The lowest BCUT2D eigenvalue weighted by Gasteiger charge is -2.08. The van der Waals surface area contributed by atoms with Crippen LogP contribution >= 0.6 is 23.2 Å². The molecule has 0 radical (unpaired) electrons. The van der Waals surface area contributed by atoms with Crippen LogP contribution in [0.15, 0.2) is 18.2 Å². The van der Waals surface area contributed by atoms with Crippen molar-refractivity contribution in [1.82, 2.24) is 14.3 Å². The van der Waals surface area contributed by atoms with E-state index in [1.54, 1.807) is 0 Å². The van der Waals surface area contributed by atoms with Gasteiger partial charge in [-0.05, 0) is 24.6 Å². The van der Waals surface area contributed by atoms with Gasteiger partial charge in [-0.2, -0.15) is 0 Å². The van der Waals surface area contributed by atoms with Crippen LogP contribution in [0.5, 0.6) is 0 Å². The first-order valence-corrected chi connectivity index (χ1v) is 9.36. The second-order valence-corrected chi connectivity index (χ2v) is 7.42. The summed E-state index contributed by atoms with van der Waals surface area (Å²) < 4.78 is 26.7. The summed E-state index contributed by atoms with van der Waals surface area (Å²) in [5.74, 6) is 1.38. The van der Waals surface area contributed by atoms with E-state index >= 15 is 0 Å². The molecule has 0 aliphatic carbocycles. The van der Waals surface area contributed by atoms with Gasteiger partial charge in [-0.15, -0.1) is 11.6 Å². The maximum atomic E-state index is 11.0. The van der Waals surface area contributed by atoms with Gasteiger partial charge in [-0.3, -0.25) is 0 Å². The van der Waals surface area contributed by atoms with Crippen molar-refractivity contribution in [2.75, 3.05) is 18.7 Å². The molecule has 0 unspecified atom stereocenters. The maximum absolute atomic E-state index is 11.0. The Morgan fingerprint density at radius 2 is 2.14 bits per heavy atom. The number of nitrogens with one attached hydrogen (secondary N) is 1. The monoisotopic (exact) mass is 349 g/mol. The number of rotatable bonds is 7. The molecule has 0 fully saturated rings. The van der Waals surface area contributed by atoms with E-state index in [1.807, 2.05) is 18.2 Å². The Hall–Kier alpha value is -0.820. The third-order valence-corrected chi connectivity index (χ3v) is 4.18. The van der Waals surface area contributed by atoms with Crippen LogP contribution in [0.2, 0.25) is 5.02 Å². The molecule has 1 aromatic heterocycles. The Labute approximate surface area is 134 Å². The van der Waals surface area contributed by atoms with E-state index < -0.39 is 10.0 Å². The molecule has 116 valence electrons. The summed E-state index contributed by atoms with van der Waals surface area (Å²) >= 11 is 11.8. The van der Waals surface area contributed by atoms with Gasteiger partial charge >= 0.3 is 0 Å². The van der Waals surface area contributed by atoms with Crippen molar-refractivity contribution < 1.29 is 8.42 Å². The number of aromatic nitrogens is 2. The quantitative estimate of drug-likeness (QED) is 0.616. The van der Waals surface area contributed by atoms with E-state index in [4.69, 9.17) is 23.2 Å². The SMILES string of the molecule is CS(=O)(=O)NCCCn1c(CCCl)nc2cc(Cl)ccc21. The zero-order valence-electron chi connectivity index (χ0n) is 11.6. The smallest absolute Gasteiger partial charge is 0.208 e. The van der Waals surface area contributed by atoms with E-state index in [0.717, 1.165) is 23.1 Å². The number of halogens is 2. The van der Waals surface area contributed by atoms with E-state index in [1.165, 1.54) is 0 Å². The molecule has 0 amide bonds. The van der Waals surface area contributed by atoms with E-state index in [0.29, 0.717) is 36.8 Å². The van der Waals surface area contributed by atoms with Crippen molar-refractivity contribution in [1.29, 1.82) is 0 Å². The zero-order valence-corrected chi connectivity index (χ0v) is 14.0. The molecule has 1 aromatic carbocycles. The summed E-state index contributed by atoms with van der Waals surface area (Å²) in [5, 5.41) is 0.642. The maximum Gasteiger partial charge on any atom is 0.208 e. The van der Waals surface area contributed by atoms with Crippen molar-refractivity contribution in [3.8, 4) is 0 Å². The summed E-state index contributed by atoms with van der Waals surface area (Å²) in [6.45, 7) is 1.07. The van der Waals surface area contributed by atoms with Gasteiger partial charge in [0.15, 0.2) is 0 Å². The van der Waals surface area contributed by atoms with E-state index in [-0.39, 0.29) is 0 Å². The fourth-order valence-corrected chi connectivity index (χ4v) is 3.02. The van der Waals surface area contributed by atoms with Gasteiger partial charge in [0.25, 0.3) is 0 Å². The minimum Gasteiger partial charge on any atom is -0.328 e. The fraction of sp³-hybridized carbons (Fsp3) is 0.462. The van der Waals surface area contributed by atoms with E-state index in [2.05, 4.69) is 14.3 Å². The molecule has 1 heterocycles. The molecule has 2 rings (SSSR count). The van der Waals surface area contributed by atoms with Crippen LogP contribution in [0.3, 0.4) is 0 Å². The number of nitrogens with zero attached hydrogens (tertiary/aromatic N) is 2. The van der Waals surface area contributed by atoms with Crippen LogP contribution in [0, 0.1) is 0 Å². The summed E-state index contributed by atoms with van der Waals surface area (Å²) in [6.07, 6.45) is 2.49. The average Bonchev–Trinajstić information content (AvgIpc) is 2.71. The molecule has 0 saturated heterocycles. The van der Waals surface area contributed by atoms with Crippen LogP contribution in [-0.4, -0.2) is 36.6 Å². The minimum atomic E-state index is -3.15. The van der Waals surface area contributed by atoms with Gasteiger partial charge in [-0.1, -0.05) is 11.6 Å². The third kappa shape index (κ3) is 4.57. The molecule has 0 aliphatic rings. The lowest BCUT2D eigenvalue weighted by atomic mass is 10.3. The van der Waals surface area contributed by atoms with Gasteiger partial charge in [0.2, 0.25) is 10.0 Å². The fourth-order valence-electron chi connectivity index (χ4n) is 2.17. The lowest BCUT2D eigenvalue weighted by Crippen LogP contribution is -2.24. The number of imidazole rings is 1. The third-order valence-electron chi connectivity index (χ3n) is 3.03. The van der Waals surface area contributed by atoms with Crippen molar-refractivity contribution in [2.24, 2.45) is 0 Å². The number of benzene rings is 1. The predicted octanol–water partition coefficient (Wildman–Crippen LogP) is 2.41. The number of hydrogen-bond acceptors (Lipinski definition) is 3. The van der Waals surface area contributed by atoms with Crippen molar-refractivity contribution in [3.05, 3.63) is 29.0 Å². The number of hydrogen-bond donors (Lipinski definition) is 1. The van der Waals surface area contributed by atoms with Gasteiger partial charge in [-0.25, -0.2) is 18.1 Å². The number of fused-ring (bicyclic) bond motifs is 1. The summed E-state index contributed by atoms with van der Waals surface area (Å²) in [6, 6.07) is 5.56. The first-order valence-electron chi connectivity index (χ1n) is 6.56. The molecular formula is C13H17Cl2N3O2S. The average molecular weight is 350 g/mol. The number of sulfonamides is 1. The Morgan fingerprint density at radius 3 is 2.81 bits per heavy atom. The molecule has 1 N–H and O–H groups in total. The van der Waals surface area contributed by atoms with Crippen LogP contribution < -0.4 is 4.72 Å². The molecule has 21 heavy (non-hydrogen) atoms. The molecule has 2 aromatic rings. The highest BCUT2D eigenvalue weighted by molar-refractivity contribution is 7.88. The largest absolute Gasteiger partial charge is 0.328 e. The first kappa shape index (κ1) is 16.5. The van der Waals surface area contributed by atoms with Crippen LogP contribution in [0.4, 0.5) is 0 Å². The van der Waals surface area contributed by atoms with Crippen molar-refractivity contribution in [3.63, 3.8) is 0 Å². The Bertz CT molecular complexity index is 728. The lowest BCUT2D eigenvalue weighted by molar-refractivity contribution is 0.574. The van der Waals surface area contributed by atoms with Crippen LogP contribution in [0.25, 0.3) is 11.0 Å². The molecule has 0 saturated carbocycles. The van der Waals surface area contributed by atoms with Gasteiger partial charge in [0, 0.05) is 30.4 Å². The number of aryl methyl sites for hydroxylation is 2. The topological polar surface area (TPSA) is 64.0 Å². The normalized spacial score (nSPS) is 12.1. The van der Waals surface area contributed by atoms with E-state index in [9.17, 15) is 8.42 Å². The highest BCUT2D eigenvalue weighted by Crippen LogP contribution is 2.21. The Kier molecular flexibility index (Phi) is 5.48. The molecule has 5 nitrogen and oxygen atoms in total. The van der Waals surface area contributed by atoms with Crippen LogP contribution in [0.1, 0.15) is 12.2 Å². The molecule has 0 spiro atoms. The molecule has 8 heteroatoms. The molecular weight excluding hydrogens is 333 g/mol. The van der Waals surface area contributed by atoms with Crippen LogP contribution in [-0.2, 0) is 23.0 Å². The summed E-state index contributed by atoms with van der Waals surface area (Å²) in [4.78, 5) is 4.55. The highest BCUT2D eigenvalue weighted by Gasteiger charge is 2.10. The molecule has 0 aliphatic heterocycles. The standard InChI is InChI=1S/C13H17Cl2N3O2S/c1-21(19,20)16-7-2-8-18-12-4-3-10(15)9-11(12)17-13(18)5-6-14/h3-4,9,16H,2,5-8H2,1H3. The molecule has 0 atom stereocenters. The summed E-state index contributed by atoms with van der Waals surface area (Å²) in [7, 11) is -3.15. The van der Waals surface area contributed by atoms with Crippen molar-refractivity contribution in [2.45, 2.75) is 19.4 Å². The zero-order chi connectivity index (χ0) is 15.5. The highest BCUT2D eigenvalue weighted by atomic mass is 35.5. The van der Waals surface area contributed by atoms with Gasteiger partial charge in [0.1, 0.15) is 5.82 Å².